The van der Waals surface area contributed by atoms with Gasteiger partial charge in [-0.1, -0.05) is 51.2 Å². The zero-order chi connectivity index (χ0) is 25.0. The minimum Gasteiger partial charge on any atom is -0.507 e. The molecule has 3 N–H and O–H groups in total. The summed E-state index contributed by atoms with van der Waals surface area (Å²) in [7, 11) is 0. The lowest BCUT2D eigenvalue weighted by Gasteiger charge is -2.09. The van der Waals surface area contributed by atoms with Crippen LogP contribution >= 0.6 is 0 Å². The number of carboxylic acid groups (broad SMARTS) is 1. The molecule has 0 bridgehead atoms. The standard InChI is InChI=1S/C27H31N3O5/c1-2-3-4-5-6-7-11-25(32)30-21-10-8-9-20(14-21)26-28-16-19(17-29-26)18-35-22-12-13-24(31)23(15-22)27(33)34/h8-10,12-17,31H,2-7,11,18H2,1H3,(H,30,32)(H,33,34). The van der Waals surface area contributed by atoms with Gasteiger partial charge in [0.05, 0.1) is 0 Å². The number of nitrogens with one attached hydrogen (secondary N) is 1. The largest absolute Gasteiger partial charge is 0.507 e. The van der Waals surface area contributed by atoms with Gasteiger partial charge >= 0.3 is 5.97 Å². The number of carboxylic acids is 1. The molecule has 1 amide bonds. The molecule has 0 fully saturated rings. The zero-order valence-corrected chi connectivity index (χ0v) is 19.9. The Kier molecular flexibility index (Phi) is 9.59. The van der Waals surface area contributed by atoms with Gasteiger partial charge in [-0.05, 0) is 36.8 Å². The van der Waals surface area contributed by atoms with E-state index in [1.54, 1.807) is 12.4 Å². The number of carbonyl (C=O) groups is 2. The van der Waals surface area contributed by atoms with Gasteiger partial charge in [0.2, 0.25) is 5.91 Å². The molecule has 2 aromatic carbocycles. The van der Waals surface area contributed by atoms with Crippen LogP contribution in [0.3, 0.4) is 0 Å². The van der Waals surface area contributed by atoms with E-state index in [0.717, 1.165) is 18.4 Å². The van der Waals surface area contributed by atoms with Gasteiger partial charge in [0.25, 0.3) is 0 Å². The number of aromatic carboxylic acids is 1. The first-order chi connectivity index (χ1) is 17.0. The van der Waals surface area contributed by atoms with Crippen molar-refractivity contribution in [2.24, 2.45) is 0 Å². The number of benzene rings is 2. The minimum absolute atomic E-state index is 0.00587. The SMILES string of the molecule is CCCCCCCCC(=O)Nc1cccc(-c2ncc(COc3ccc(O)c(C(=O)O)c3)cn2)c1. The third-order valence-electron chi connectivity index (χ3n) is 5.47. The van der Waals surface area contributed by atoms with E-state index < -0.39 is 5.97 Å². The molecule has 0 spiro atoms. The normalized spacial score (nSPS) is 10.7. The maximum atomic E-state index is 12.3. The van der Waals surface area contributed by atoms with Crippen LogP contribution in [0.25, 0.3) is 11.4 Å². The van der Waals surface area contributed by atoms with Gasteiger partial charge in [-0.2, -0.15) is 0 Å². The molecule has 0 aliphatic rings. The van der Waals surface area contributed by atoms with Crippen LogP contribution in [0.15, 0.2) is 54.9 Å². The fourth-order valence-corrected chi connectivity index (χ4v) is 3.55. The number of hydrogen-bond acceptors (Lipinski definition) is 6. The van der Waals surface area contributed by atoms with Crippen molar-refractivity contribution in [1.29, 1.82) is 0 Å². The Morgan fingerprint density at radius 1 is 0.971 bits per heavy atom. The first-order valence-electron chi connectivity index (χ1n) is 11.9. The molecule has 0 radical (unpaired) electrons. The summed E-state index contributed by atoms with van der Waals surface area (Å²) in [5.74, 6) is -0.724. The van der Waals surface area contributed by atoms with E-state index >= 15 is 0 Å². The van der Waals surface area contributed by atoms with Crippen molar-refractivity contribution < 1.29 is 24.5 Å². The Bertz CT molecular complexity index is 1130. The number of amides is 1. The minimum atomic E-state index is -1.23. The third-order valence-corrected chi connectivity index (χ3v) is 5.47. The number of hydrogen-bond donors (Lipinski definition) is 3. The number of aromatic hydroxyl groups is 1. The van der Waals surface area contributed by atoms with E-state index in [-0.39, 0.29) is 23.8 Å². The summed E-state index contributed by atoms with van der Waals surface area (Å²) in [5, 5.41) is 21.6. The van der Waals surface area contributed by atoms with Gasteiger partial charge in [-0.15, -0.1) is 0 Å². The van der Waals surface area contributed by atoms with Gasteiger partial charge in [-0.25, -0.2) is 14.8 Å². The van der Waals surface area contributed by atoms with Gasteiger partial charge in [0.1, 0.15) is 23.7 Å². The van der Waals surface area contributed by atoms with Crippen molar-refractivity contribution in [3.8, 4) is 22.9 Å². The molecule has 8 nitrogen and oxygen atoms in total. The summed E-state index contributed by atoms with van der Waals surface area (Å²) in [5.41, 5.74) is 1.95. The van der Waals surface area contributed by atoms with Crippen LogP contribution in [-0.4, -0.2) is 32.1 Å². The van der Waals surface area contributed by atoms with Crippen LogP contribution in [0, 0.1) is 0 Å². The average molecular weight is 478 g/mol. The highest BCUT2D eigenvalue weighted by atomic mass is 16.5. The summed E-state index contributed by atoms with van der Waals surface area (Å²) in [6.45, 7) is 2.33. The smallest absolute Gasteiger partial charge is 0.339 e. The molecule has 0 saturated heterocycles. The van der Waals surface area contributed by atoms with Gasteiger partial charge in [0, 0.05) is 35.6 Å². The molecule has 35 heavy (non-hydrogen) atoms. The fourth-order valence-electron chi connectivity index (χ4n) is 3.55. The highest BCUT2D eigenvalue weighted by Gasteiger charge is 2.11. The van der Waals surface area contributed by atoms with Crippen LogP contribution in [-0.2, 0) is 11.4 Å². The molecule has 3 rings (SSSR count). The summed E-state index contributed by atoms with van der Waals surface area (Å²) in [4.78, 5) is 32.2. The van der Waals surface area contributed by atoms with Gasteiger partial charge < -0.3 is 20.3 Å². The van der Waals surface area contributed by atoms with Crippen LogP contribution in [0.4, 0.5) is 5.69 Å². The molecule has 0 aliphatic carbocycles. The molecular weight excluding hydrogens is 446 g/mol. The average Bonchev–Trinajstić information content (AvgIpc) is 2.86. The molecule has 0 atom stereocenters. The molecule has 3 aromatic rings. The molecule has 0 unspecified atom stereocenters. The maximum Gasteiger partial charge on any atom is 0.339 e. The summed E-state index contributed by atoms with van der Waals surface area (Å²) < 4.78 is 5.60. The van der Waals surface area contributed by atoms with Gasteiger partial charge in [-0.3, -0.25) is 4.79 Å². The molecule has 8 heteroatoms. The number of carbonyl (C=O) groups excluding carboxylic acids is 1. The van der Waals surface area contributed by atoms with Crippen LogP contribution < -0.4 is 10.1 Å². The monoisotopic (exact) mass is 477 g/mol. The second-order valence-electron chi connectivity index (χ2n) is 8.33. The van der Waals surface area contributed by atoms with Crippen LogP contribution in [0.2, 0.25) is 0 Å². The van der Waals surface area contributed by atoms with Crippen molar-refractivity contribution in [3.05, 3.63) is 66.0 Å². The lowest BCUT2D eigenvalue weighted by molar-refractivity contribution is -0.116. The number of rotatable bonds is 13. The van der Waals surface area contributed by atoms with E-state index in [4.69, 9.17) is 9.84 Å². The number of aromatic nitrogens is 2. The molecule has 0 aliphatic heterocycles. The summed E-state index contributed by atoms with van der Waals surface area (Å²) >= 11 is 0. The fraction of sp³-hybridized carbons (Fsp3) is 0.333. The van der Waals surface area contributed by atoms with Crippen molar-refractivity contribution in [3.63, 3.8) is 0 Å². The Balaban J connectivity index is 1.53. The van der Waals surface area contributed by atoms with E-state index in [9.17, 15) is 14.7 Å². The molecule has 0 saturated carbocycles. The van der Waals surface area contributed by atoms with E-state index in [0.29, 0.717) is 29.2 Å². The molecule has 1 aromatic heterocycles. The quantitative estimate of drug-likeness (QED) is 0.265. The summed E-state index contributed by atoms with van der Waals surface area (Å²) in [6, 6.07) is 11.4. The van der Waals surface area contributed by atoms with E-state index in [2.05, 4.69) is 22.2 Å². The highest BCUT2D eigenvalue weighted by molar-refractivity contribution is 5.91. The molecular formula is C27H31N3O5. The van der Waals surface area contributed by atoms with Crippen molar-refractivity contribution >= 4 is 17.6 Å². The third kappa shape index (κ3) is 8.10. The predicted molar refractivity (Wildman–Crippen MR) is 133 cm³/mol. The van der Waals surface area contributed by atoms with Gasteiger partial charge in [0.15, 0.2) is 5.82 Å². The number of anilines is 1. The number of ether oxygens (including phenoxy) is 1. The number of unbranched alkanes of at least 4 members (excludes halogenated alkanes) is 5. The van der Waals surface area contributed by atoms with E-state index in [1.165, 1.54) is 43.9 Å². The Morgan fingerprint density at radius 3 is 2.46 bits per heavy atom. The first-order valence-corrected chi connectivity index (χ1v) is 11.9. The van der Waals surface area contributed by atoms with Crippen molar-refractivity contribution in [1.82, 2.24) is 9.97 Å². The predicted octanol–water partition coefficient (Wildman–Crippen LogP) is 5.82. The number of nitrogens with zero attached hydrogens (tertiary/aromatic N) is 2. The van der Waals surface area contributed by atoms with Crippen LogP contribution in [0.1, 0.15) is 67.8 Å². The second kappa shape index (κ2) is 13.1. The summed E-state index contributed by atoms with van der Waals surface area (Å²) in [6.07, 6.45) is 10.6. The maximum absolute atomic E-state index is 12.3. The Hall–Kier alpha value is -3.94. The van der Waals surface area contributed by atoms with Crippen molar-refractivity contribution in [2.75, 3.05) is 5.32 Å². The zero-order valence-electron chi connectivity index (χ0n) is 19.9. The Labute approximate surface area is 205 Å². The first kappa shape index (κ1) is 25.7. The highest BCUT2D eigenvalue weighted by Crippen LogP contribution is 2.24. The Morgan fingerprint density at radius 2 is 1.71 bits per heavy atom. The second-order valence-corrected chi connectivity index (χ2v) is 8.33. The van der Waals surface area contributed by atoms with E-state index in [1.807, 2.05) is 24.3 Å². The molecule has 184 valence electrons. The number of phenols is 1. The lowest BCUT2D eigenvalue weighted by atomic mass is 10.1. The molecule has 1 heterocycles. The van der Waals surface area contributed by atoms with Crippen LogP contribution in [0.5, 0.6) is 11.5 Å². The van der Waals surface area contributed by atoms with Crippen molar-refractivity contribution in [2.45, 2.75) is 58.5 Å². The topological polar surface area (TPSA) is 122 Å². The lowest BCUT2D eigenvalue weighted by Crippen LogP contribution is -2.11.